The highest BCUT2D eigenvalue weighted by Crippen LogP contribution is 2.24. The number of amides is 2. The minimum Gasteiger partial charge on any atom is -0.483 e. The summed E-state index contributed by atoms with van der Waals surface area (Å²) in [6.07, 6.45) is 1.58. The molecule has 3 rings (SSSR count). The van der Waals surface area contributed by atoms with Crippen LogP contribution in [0.3, 0.4) is 0 Å². The fraction of sp³-hybridized carbons (Fsp3) is 0.412. The van der Waals surface area contributed by atoms with Crippen LogP contribution in [-0.2, 0) is 17.8 Å². The number of nitrogens with zero attached hydrogens (tertiary/aromatic N) is 3. The number of benzene rings is 1. The van der Waals surface area contributed by atoms with Gasteiger partial charge in [-0.05, 0) is 36.2 Å². The average molecular weight is 378 g/mol. The van der Waals surface area contributed by atoms with Gasteiger partial charge in [0.05, 0.1) is 5.69 Å². The van der Waals surface area contributed by atoms with Crippen molar-refractivity contribution < 1.29 is 18.7 Å². The van der Waals surface area contributed by atoms with Crippen LogP contribution in [-0.4, -0.2) is 46.0 Å². The SMILES string of the molecule is CCCc1nnsc1C(=O)NCCN1Cc2cc(F)ccc2OCC1=O. The summed E-state index contributed by atoms with van der Waals surface area (Å²) >= 11 is 1.06. The van der Waals surface area contributed by atoms with Crippen LogP contribution in [0.5, 0.6) is 5.75 Å². The van der Waals surface area contributed by atoms with Gasteiger partial charge in [0, 0.05) is 25.2 Å². The summed E-state index contributed by atoms with van der Waals surface area (Å²) in [5.74, 6) is -0.322. The molecule has 1 N–H and O–H groups in total. The second-order valence-electron chi connectivity index (χ2n) is 5.91. The van der Waals surface area contributed by atoms with Crippen molar-refractivity contribution in [3.05, 3.63) is 40.2 Å². The maximum absolute atomic E-state index is 13.4. The van der Waals surface area contributed by atoms with Crippen LogP contribution >= 0.6 is 11.5 Å². The monoisotopic (exact) mass is 378 g/mol. The zero-order valence-corrected chi connectivity index (χ0v) is 15.1. The molecule has 2 heterocycles. The molecule has 0 fully saturated rings. The van der Waals surface area contributed by atoms with E-state index < -0.39 is 0 Å². The van der Waals surface area contributed by atoms with Gasteiger partial charge in [-0.15, -0.1) is 5.10 Å². The van der Waals surface area contributed by atoms with Crippen molar-refractivity contribution in [3.8, 4) is 5.75 Å². The second-order valence-corrected chi connectivity index (χ2v) is 6.66. The Hall–Kier alpha value is -2.55. The van der Waals surface area contributed by atoms with Crippen LogP contribution in [0.25, 0.3) is 0 Å². The molecule has 1 aliphatic heterocycles. The number of carbonyl (C=O) groups is 2. The van der Waals surface area contributed by atoms with Crippen molar-refractivity contribution in [2.24, 2.45) is 0 Å². The summed E-state index contributed by atoms with van der Waals surface area (Å²) in [5, 5.41) is 6.76. The van der Waals surface area contributed by atoms with E-state index in [1.54, 1.807) is 4.90 Å². The van der Waals surface area contributed by atoms with Gasteiger partial charge < -0.3 is 15.0 Å². The number of rotatable bonds is 6. The second kappa shape index (κ2) is 8.22. The standard InChI is InChI=1S/C17H19FN4O3S/c1-2-3-13-16(26-21-20-13)17(24)19-6-7-22-9-11-8-12(18)4-5-14(11)25-10-15(22)23/h4-5,8H,2-3,6-7,9-10H2,1H3,(H,19,24). The van der Waals surface area contributed by atoms with Gasteiger partial charge in [0.15, 0.2) is 6.61 Å². The first kappa shape index (κ1) is 18.2. The van der Waals surface area contributed by atoms with Crippen molar-refractivity contribution in [1.82, 2.24) is 19.8 Å². The summed E-state index contributed by atoms with van der Waals surface area (Å²) in [4.78, 5) is 26.5. The zero-order valence-electron chi connectivity index (χ0n) is 14.3. The van der Waals surface area contributed by atoms with Crippen molar-refractivity contribution in [2.75, 3.05) is 19.7 Å². The normalized spacial score (nSPS) is 13.8. The van der Waals surface area contributed by atoms with Gasteiger partial charge in [-0.3, -0.25) is 9.59 Å². The van der Waals surface area contributed by atoms with Crippen LogP contribution in [0.4, 0.5) is 4.39 Å². The molecule has 138 valence electrons. The molecule has 0 bridgehead atoms. The van der Waals surface area contributed by atoms with E-state index in [9.17, 15) is 14.0 Å². The van der Waals surface area contributed by atoms with E-state index in [-0.39, 0.29) is 37.3 Å². The predicted molar refractivity (Wildman–Crippen MR) is 93.5 cm³/mol. The molecule has 26 heavy (non-hydrogen) atoms. The summed E-state index contributed by atoms with van der Waals surface area (Å²) in [6, 6.07) is 4.19. The number of hydrogen-bond donors (Lipinski definition) is 1. The molecule has 0 radical (unpaired) electrons. The lowest BCUT2D eigenvalue weighted by atomic mass is 10.2. The van der Waals surface area contributed by atoms with E-state index in [4.69, 9.17) is 4.74 Å². The quantitative estimate of drug-likeness (QED) is 0.828. The van der Waals surface area contributed by atoms with E-state index in [1.165, 1.54) is 18.2 Å². The summed E-state index contributed by atoms with van der Waals surface area (Å²) in [7, 11) is 0. The van der Waals surface area contributed by atoms with Crippen molar-refractivity contribution in [2.45, 2.75) is 26.3 Å². The lowest BCUT2D eigenvalue weighted by molar-refractivity contribution is -0.133. The van der Waals surface area contributed by atoms with Crippen LogP contribution in [0, 0.1) is 5.82 Å². The van der Waals surface area contributed by atoms with E-state index in [2.05, 4.69) is 14.9 Å². The van der Waals surface area contributed by atoms with Crippen molar-refractivity contribution >= 4 is 23.3 Å². The molecule has 0 saturated heterocycles. The molecule has 2 aromatic rings. The topological polar surface area (TPSA) is 84.4 Å². The van der Waals surface area contributed by atoms with Crippen LogP contribution in [0.2, 0.25) is 0 Å². The smallest absolute Gasteiger partial charge is 0.265 e. The Kier molecular flexibility index (Phi) is 5.77. The van der Waals surface area contributed by atoms with Gasteiger partial charge in [0.25, 0.3) is 11.8 Å². The number of nitrogens with one attached hydrogen (secondary N) is 1. The number of ether oxygens (including phenoxy) is 1. The number of carbonyl (C=O) groups excluding carboxylic acids is 2. The molecule has 1 aromatic carbocycles. The van der Waals surface area contributed by atoms with Crippen molar-refractivity contribution in [1.29, 1.82) is 0 Å². The number of halogens is 1. The van der Waals surface area contributed by atoms with E-state index in [0.717, 1.165) is 18.0 Å². The maximum Gasteiger partial charge on any atom is 0.265 e. The Morgan fingerprint density at radius 1 is 1.46 bits per heavy atom. The molecular weight excluding hydrogens is 359 g/mol. The van der Waals surface area contributed by atoms with Crippen LogP contribution in [0.1, 0.15) is 34.3 Å². The summed E-state index contributed by atoms with van der Waals surface area (Å²) in [6.45, 7) is 2.73. The molecule has 0 aliphatic carbocycles. The third-order valence-electron chi connectivity index (χ3n) is 4.00. The summed E-state index contributed by atoms with van der Waals surface area (Å²) < 4.78 is 22.7. The Bertz CT molecular complexity index is 811. The largest absolute Gasteiger partial charge is 0.483 e. The minimum atomic E-state index is -0.379. The minimum absolute atomic E-state index is 0.105. The third-order valence-corrected chi connectivity index (χ3v) is 4.77. The first-order chi connectivity index (χ1) is 12.6. The fourth-order valence-electron chi connectivity index (χ4n) is 2.71. The molecule has 7 nitrogen and oxygen atoms in total. The van der Waals surface area contributed by atoms with Crippen LogP contribution in [0.15, 0.2) is 18.2 Å². The van der Waals surface area contributed by atoms with Gasteiger partial charge in [0.1, 0.15) is 16.4 Å². The van der Waals surface area contributed by atoms with E-state index >= 15 is 0 Å². The molecule has 2 amide bonds. The van der Waals surface area contributed by atoms with Crippen molar-refractivity contribution in [3.63, 3.8) is 0 Å². The first-order valence-electron chi connectivity index (χ1n) is 8.37. The van der Waals surface area contributed by atoms with Crippen LogP contribution < -0.4 is 10.1 Å². The van der Waals surface area contributed by atoms with Gasteiger partial charge in [-0.25, -0.2) is 4.39 Å². The molecule has 0 spiro atoms. The Balaban J connectivity index is 1.59. The molecule has 0 unspecified atom stereocenters. The van der Waals surface area contributed by atoms with Gasteiger partial charge in [-0.1, -0.05) is 17.8 Å². The fourth-order valence-corrected chi connectivity index (χ4v) is 3.33. The number of fused-ring (bicyclic) bond motifs is 1. The Morgan fingerprint density at radius 2 is 2.31 bits per heavy atom. The molecule has 0 atom stereocenters. The van der Waals surface area contributed by atoms with Gasteiger partial charge in [0.2, 0.25) is 0 Å². The predicted octanol–water partition coefficient (Wildman–Crippen LogP) is 1.78. The highest BCUT2D eigenvalue weighted by atomic mass is 32.1. The average Bonchev–Trinajstić information content (AvgIpc) is 3.02. The first-order valence-corrected chi connectivity index (χ1v) is 9.14. The zero-order chi connectivity index (χ0) is 18.5. The molecule has 9 heteroatoms. The lowest BCUT2D eigenvalue weighted by Crippen LogP contribution is -2.39. The molecule has 1 aromatic heterocycles. The van der Waals surface area contributed by atoms with Gasteiger partial charge >= 0.3 is 0 Å². The lowest BCUT2D eigenvalue weighted by Gasteiger charge is -2.20. The maximum atomic E-state index is 13.4. The highest BCUT2D eigenvalue weighted by Gasteiger charge is 2.22. The number of aromatic nitrogens is 2. The Labute approximate surface area is 154 Å². The molecular formula is C17H19FN4O3S. The van der Waals surface area contributed by atoms with Gasteiger partial charge in [-0.2, -0.15) is 0 Å². The summed E-state index contributed by atoms with van der Waals surface area (Å²) in [5.41, 5.74) is 1.30. The number of hydrogen-bond acceptors (Lipinski definition) is 6. The third kappa shape index (κ3) is 4.16. The molecule has 1 aliphatic rings. The van der Waals surface area contributed by atoms with E-state index in [0.29, 0.717) is 34.8 Å². The Morgan fingerprint density at radius 3 is 3.12 bits per heavy atom. The highest BCUT2D eigenvalue weighted by molar-refractivity contribution is 7.08. The number of aryl methyl sites for hydroxylation is 1. The van der Waals surface area contributed by atoms with E-state index in [1.807, 2.05) is 6.92 Å². The molecule has 0 saturated carbocycles.